The van der Waals surface area contributed by atoms with E-state index in [0.29, 0.717) is 37.6 Å². The lowest BCUT2D eigenvalue weighted by atomic mass is 10.1. The number of aromatic nitrogens is 3. The van der Waals surface area contributed by atoms with Gasteiger partial charge in [0.2, 0.25) is 5.88 Å². The quantitative estimate of drug-likeness (QED) is 0.444. The Labute approximate surface area is 184 Å². The molecule has 0 bridgehead atoms. The third-order valence-electron chi connectivity index (χ3n) is 5.14. The number of fused-ring (bicyclic) bond motifs is 1. The van der Waals surface area contributed by atoms with Crippen molar-refractivity contribution in [3.63, 3.8) is 0 Å². The first-order valence-corrected chi connectivity index (χ1v) is 10.4. The molecule has 1 amide bonds. The number of nitro groups is 1. The number of amides is 1. The molecule has 0 radical (unpaired) electrons. The molecule has 10 heteroatoms. The van der Waals surface area contributed by atoms with Gasteiger partial charge in [0, 0.05) is 55.7 Å². The number of nitrogens with zero attached hydrogens (tertiary/aromatic N) is 5. The molecule has 0 saturated carbocycles. The van der Waals surface area contributed by atoms with Gasteiger partial charge in [0.25, 0.3) is 5.69 Å². The summed E-state index contributed by atoms with van der Waals surface area (Å²) in [6, 6.07) is 8.24. The van der Waals surface area contributed by atoms with Gasteiger partial charge in [0.15, 0.2) is 0 Å². The third kappa shape index (κ3) is 4.79. The van der Waals surface area contributed by atoms with Crippen molar-refractivity contribution in [3.8, 4) is 11.7 Å². The molecule has 3 aromatic rings. The molecule has 1 aromatic carbocycles. The van der Waals surface area contributed by atoms with Crippen LogP contribution in [0, 0.1) is 10.1 Å². The predicted octanol–water partition coefficient (Wildman–Crippen LogP) is 4.11. The van der Waals surface area contributed by atoms with E-state index in [9.17, 15) is 14.9 Å². The lowest BCUT2D eigenvalue weighted by Gasteiger charge is -2.33. The van der Waals surface area contributed by atoms with Crippen LogP contribution in [0.3, 0.4) is 0 Å². The number of hydrogen-bond acceptors (Lipinski definition) is 7. The average Bonchev–Trinajstić information content (AvgIpc) is 3.16. The Balaban J connectivity index is 1.43. The van der Waals surface area contributed by atoms with Crippen molar-refractivity contribution >= 4 is 22.7 Å². The Morgan fingerprint density at radius 1 is 1.16 bits per heavy atom. The van der Waals surface area contributed by atoms with Crippen molar-refractivity contribution in [2.75, 3.05) is 13.1 Å². The number of non-ortho nitro benzene ring substituents is 1. The minimum absolute atomic E-state index is 0.0414. The number of ether oxygens (including phenoxy) is 2. The van der Waals surface area contributed by atoms with Crippen LogP contribution in [0.5, 0.6) is 5.88 Å². The van der Waals surface area contributed by atoms with E-state index in [1.165, 1.54) is 18.5 Å². The standard InChI is InChI=1S/C22H25N5O5/c1-22(2,3)32-21(28)25-9-7-17(8-10-25)31-20-13-19(23-14-24-20)26-11-6-15-12-16(27(29)30)4-5-18(15)26/h4-6,11-14,17H,7-10H2,1-3H3. The molecule has 0 spiro atoms. The predicted molar refractivity (Wildman–Crippen MR) is 117 cm³/mol. The molecular formula is C22H25N5O5. The smallest absolute Gasteiger partial charge is 0.410 e. The highest BCUT2D eigenvalue weighted by Crippen LogP contribution is 2.26. The molecule has 1 aliphatic rings. The van der Waals surface area contributed by atoms with Gasteiger partial charge in [-0.05, 0) is 32.9 Å². The van der Waals surface area contributed by atoms with E-state index in [-0.39, 0.29) is 17.9 Å². The van der Waals surface area contributed by atoms with Gasteiger partial charge in [0.05, 0.1) is 10.4 Å². The van der Waals surface area contributed by atoms with Crippen LogP contribution in [-0.4, -0.2) is 55.2 Å². The molecule has 1 aliphatic heterocycles. The number of benzene rings is 1. The number of nitro benzene ring substituents is 1. The monoisotopic (exact) mass is 439 g/mol. The Bertz CT molecular complexity index is 1150. The second kappa shape index (κ2) is 8.45. The second-order valence-corrected chi connectivity index (χ2v) is 8.69. The van der Waals surface area contributed by atoms with Crippen LogP contribution in [-0.2, 0) is 4.74 Å². The van der Waals surface area contributed by atoms with Crippen LogP contribution in [0.2, 0.25) is 0 Å². The summed E-state index contributed by atoms with van der Waals surface area (Å²) in [4.78, 5) is 33.1. The van der Waals surface area contributed by atoms with Crippen molar-refractivity contribution < 1.29 is 19.2 Å². The van der Waals surface area contributed by atoms with Crippen LogP contribution in [0.25, 0.3) is 16.7 Å². The highest BCUT2D eigenvalue weighted by molar-refractivity contribution is 5.83. The lowest BCUT2D eigenvalue weighted by molar-refractivity contribution is -0.384. The van der Waals surface area contributed by atoms with E-state index in [1.807, 2.05) is 25.3 Å². The molecule has 168 valence electrons. The van der Waals surface area contributed by atoms with E-state index in [2.05, 4.69) is 9.97 Å². The zero-order chi connectivity index (χ0) is 22.9. The number of likely N-dealkylation sites (tertiary alicyclic amines) is 1. The summed E-state index contributed by atoms with van der Waals surface area (Å²) in [6.07, 6.45) is 4.21. The average molecular weight is 439 g/mol. The number of hydrogen-bond donors (Lipinski definition) is 0. The fourth-order valence-corrected chi connectivity index (χ4v) is 3.62. The summed E-state index contributed by atoms with van der Waals surface area (Å²) in [6.45, 7) is 6.66. The molecule has 4 rings (SSSR count). The van der Waals surface area contributed by atoms with Gasteiger partial charge >= 0.3 is 6.09 Å². The number of carbonyl (C=O) groups is 1. The molecule has 0 unspecified atom stereocenters. The molecule has 1 fully saturated rings. The maximum absolute atomic E-state index is 12.2. The largest absolute Gasteiger partial charge is 0.474 e. The van der Waals surface area contributed by atoms with Gasteiger partial charge in [-0.3, -0.25) is 10.1 Å². The van der Waals surface area contributed by atoms with Crippen molar-refractivity contribution in [1.82, 2.24) is 19.4 Å². The number of rotatable bonds is 4. The van der Waals surface area contributed by atoms with Gasteiger partial charge in [0.1, 0.15) is 23.9 Å². The maximum atomic E-state index is 12.2. The van der Waals surface area contributed by atoms with Gasteiger partial charge < -0.3 is 18.9 Å². The highest BCUT2D eigenvalue weighted by Gasteiger charge is 2.28. The fraction of sp³-hybridized carbons (Fsp3) is 0.409. The maximum Gasteiger partial charge on any atom is 0.410 e. The Morgan fingerprint density at radius 3 is 2.59 bits per heavy atom. The molecule has 3 heterocycles. The minimum atomic E-state index is -0.519. The number of carbonyl (C=O) groups excluding carboxylic acids is 1. The SMILES string of the molecule is CC(C)(C)OC(=O)N1CCC(Oc2cc(-n3ccc4cc([N+](=O)[O-])ccc43)ncn2)CC1. The summed E-state index contributed by atoms with van der Waals surface area (Å²) < 4.78 is 13.3. The van der Waals surface area contributed by atoms with Crippen molar-refractivity contribution in [2.45, 2.75) is 45.3 Å². The van der Waals surface area contributed by atoms with Gasteiger partial charge in [-0.1, -0.05) is 0 Å². The molecule has 32 heavy (non-hydrogen) atoms. The van der Waals surface area contributed by atoms with E-state index in [0.717, 1.165) is 10.9 Å². The lowest BCUT2D eigenvalue weighted by Crippen LogP contribution is -2.44. The van der Waals surface area contributed by atoms with E-state index in [4.69, 9.17) is 9.47 Å². The molecule has 10 nitrogen and oxygen atoms in total. The third-order valence-corrected chi connectivity index (χ3v) is 5.14. The summed E-state index contributed by atoms with van der Waals surface area (Å²) in [5.41, 5.74) is 0.320. The zero-order valence-electron chi connectivity index (χ0n) is 18.2. The van der Waals surface area contributed by atoms with Crippen LogP contribution < -0.4 is 4.74 Å². The Hall–Kier alpha value is -3.69. The van der Waals surface area contributed by atoms with Crippen molar-refractivity contribution in [2.24, 2.45) is 0 Å². The summed E-state index contributed by atoms with van der Waals surface area (Å²) in [7, 11) is 0. The summed E-state index contributed by atoms with van der Waals surface area (Å²) >= 11 is 0. The summed E-state index contributed by atoms with van der Waals surface area (Å²) in [5, 5.41) is 11.8. The Kier molecular flexibility index (Phi) is 5.68. The van der Waals surface area contributed by atoms with E-state index >= 15 is 0 Å². The summed E-state index contributed by atoms with van der Waals surface area (Å²) in [5.74, 6) is 1.04. The van der Waals surface area contributed by atoms with Gasteiger partial charge in [-0.15, -0.1) is 0 Å². The molecule has 2 aromatic heterocycles. The molecule has 0 N–H and O–H groups in total. The molecule has 1 saturated heterocycles. The fourth-order valence-electron chi connectivity index (χ4n) is 3.62. The van der Waals surface area contributed by atoms with Crippen molar-refractivity contribution in [1.29, 1.82) is 0 Å². The topological polar surface area (TPSA) is 113 Å². The highest BCUT2D eigenvalue weighted by atomic mass is 16.6. The van der Waals surface area contributed by atoms with E-state index in [1.54, 1.807) is 29.3 Å². The van der Waals surface area contributed by atoms with Crippen LogP contribution in [0.15, 0.2) is 42.9 Å². The first kappa shape index (κ1) is 21.5. The molecular weight excluding hydrogens is 414 g/mol. The van der Waals surface area contributed by atoms with Crippen molar-refractivity contribution in [3.05, 3.63) is 53.0 Å². The van der Waals surface area contributed by atoms with Crippen LogP contribution in [0.4, 0.5) is 10.5 Å². The minimum Gasteiger partial charge on any atom is -0.474 e. The Morgan fingerprint density at radius 2 is 1.91 bits per heavy atom. The zero-order valence-corrected chi connectivity index (χ0v) is 18.2. The van der Waals surface area contributed by atoms with Crippen LogP contribution >= 0.6 is 0 Å². The normalized spacial score (nSPS) is 15.0. The van der Waals surface area contributed by atoms with Crippen LogP contribution in [0.1, 0.15) is 33.6 Å². The first-order chi connectivity index (χ1) is 15.2. The second-order valence-electron chi connectivity index (χ2n) is 8.69. The van der Waals surface area contributed by atoms with Gasteiger partial charge in [-0.2, -0.15) is 0 Å². The molecule has 0 atom stereocenters. The molecule has 0 aliphatic carbocycles. The number of piperidine rings is 1. The van der Waals surface area contributed by atoms with Gasteiger partial charge in [-0.25, -0.2) is 14.8 Å². The first-order valence-electron chi connectivity index (χ1n) is 10.4. The van der Waals surface area contributed by atoms with E-state index < -0.39 is 10.5 Å².